The van der Waals surface area contributed by atoms with Crippen molar-refractivity contribution in [3.8, 4) is 0 Å². The first-order chi connectivity index (χ1) is 11.4. The summed E-state index contributed by atoms with van der Waals surface area (Å²) in [7, 11) is 0. The van der Waals surface area contributed by atoms with Gasteiger partial charge in [0.25, 0.3) is 0 Å². The average molecular weight is 404 g/mol. The van der Waals surface area contributed by atoms with Gasteiger partial charge >= 0.3 is 11.9 Å². The van der Waals surface area contributed by atoms with E-state index in [2.05, 4.69) is 20.8 Å². The zero-order valence-corrected chi connectivity index (χ0v) is 16.1. The predicted molar refractivity (Wildman–Crippen MR) is 101 cm³/mol. The van der Waals surface area contributed by atoms with E-state index in [9.17, 15) is 9.59 Å². The third-order valence-corrected chi connectivity index (χ3v) is 4.56. The molecule has 0 aliphatic heterocycles. The van der Waals surface area contributed by atoms with Crippen LogP contribution in [-0.4, -0.2) is 22.2 Å². The van der Waals surface area contributed by atoms with Crippen molar-refractivity contribution >= 4 is 46.7 Å². The first-order valence-corrected chi connectivity index (χ1v) is 8.29. The lowest BCUT2D eigenvalue weighted by Gasteiger charge is -2.18. The fraction of sp³-hybridized carbons (Fsp3) is 0.222. The second-order valence-corrected chi connectivity index (χ2v) is 7.32. The molecule has 0 saturated heterocycles. The van der Waals surface area contributed by atoms with Gasteiger partial charge in [-0.15, -0.1) is 0 Å². The second-order valence-electron chi connectivity index (χ2n) is 6.16. The summed E-state index contributed by atoms with van der Waals surface area (Å²) >= 11 is 16.8. The second kappa shape index (κ2) is 8.56. The Labute approximate surface area is 161 Å². The Kier molecular flexibility index (Phi) is 7.29. The van der Waals surface area contributed by atoms with Crippen LogP contribution in [0.25, 0.3) is 0 Å². The maximum Gasteiger partial charge on any atom is 0.337 e. The molecule has 0 aromatic heterocycles. The highest BCUT2D eigenvalue weighted by Crippen LogP contribution is 2.32. The molecule has 2 aromatic rings. The van der Waals surface area contributed by atoms with Crippen LogP contribution in [0.5, 0.6) is 0 Å². The van der Waals surface area contributed by atoms with Crippen molar-refractivity contribution in [2.24, 2.45) is 0 Å². The van der Waals surface area contributed by atoms with Gasteiger partial charge in [-0.25, -0.2) is 9.59 Å². The minimum Gasteiger partial charge on any atom is -0.478 e. The van der Waals surface area contributed by atoms with Gasteiger partial charge in [-0.05, 0) is 35.2 Å². The molecule has 2 N–H and O–H groups in total. The van der Waals surface area contributed by atoms with Gasteiger partial charge < -0.3 is 10.2 Å². The lowest BCUT2D eigenvalue weighted by molar-refractivity contribution is 0.0686. The summed E-state index contributed by atoms with van der Waals surface area (Å²) in [6.45, 7) is 6.30. The van der Waals surface area contributed by atoms with Gasteiger partial charge in [0.05, 0.1) is 26.2 Å². The molecular weight excluding hydrogens is 387 g/mol. The Balaban J connectivity index is 0.000000251. The highest BCUT2D eigenvalue weighted by molar-refractivity contribution is 6.49. The smallest absolute Gasteiger partial charge is 0.337 e. The van der Waals surface area contributed by atoms with E-state index in [0.29, 0.717) is 5.56 Å². The zero-order valence-electron chi connectivity index (χ0n) is 13.8. The summed E-state index contributed by atoms with van der Waals surface area (Å²) in [6, 6.07) is 9.71. The Morgan fingerprint density at radius 1 is 0.800 bits per heavy atom. The van der Waals surface area contributed by atoms with E-state index in [4.69, 9.17) is 45.0 Å². The summed E-state index contributed by atoms with van der Waals surface area (Å²) in [6.07, 6.45) is 0. The molecule has 0 amide bonds. The zero-order chi connectivity index (χ0) is 19.4. The van der Waals surface area contributed by atoms with Crippen molar-refractivity contribution < 1.29 is 19.8 Å². The van der Waals surface area contributed by atoms with E-state index < -0.39 is 11.9 Å². The van der Waals surface area contributed by atoms with E-state index in [-0.39, 0.29) is 26.0 Å². The monoisotopic (exact) mass is 402 g/mol. The van der Waals surface area contributed by atoms with Crippen LogP contribution in [0.15, 0.2) is 36.4 Å². The quantitative estimate of drug-likeness (QED) is 0.601. The Morgan fingerprint density at radius 2 is 1.32 bits per heavy atom. The van der Waals surface area contributed by atoms with Crippen molar-refractivity contribution in [2.45, 2.75) is 26.2 Å². The third kappa shape index (κ3) is 5.92. The fourth-order valence-electron chi connectivity index (χ4n) is 1.80. The molecule has 0 spiro atoms. The maximum atomic E-state index is 10.6. The molecule has 0 radical (unpaired) electrons. The number of carboxylic acid groups (broad SMARTS) is 2. The average Bonchev–Trinajstić information content (AvgIpc) is 2.52. The molecule has 2 rings (SSSR count). The van der Waals surface area contributed by atoms with Gasteiger partial charge in [-0.2, -0.15) is 0 Å². The summed E-state index contributed by atoms with van der Waals surface area (Å²) in [5.41, 5.74) is 1.52. The van der Waals surface area contributed by atoms with Gasteiger partial charge in [0.2, 0.25) is 0 Å². The molecular formula is C18H17Cl3O4. The highest BCUT2D eigenvalue weighted by atomic mass is 35.5. The molecule has 0 saturated carbocycles. The topological polar surface area (TPSA) is 74.6 Å². The number of rotatable bonds is 2. The first-order valence-electron chi connectivity index (χ1n) is 7.15. The Morgan fingerprint density at radius 3 is 1.72 bits per heavy atom. The van der Waals surface area contributed by atoms with Gasteiger partial charge in [0, 0.05) is 0 Å². The van der Waals surface area contributed by atoms with Gasteiger partial charge in [-0.3, -0.25) is 0 Å². The third-order valence-electron chi connectivity index (χ3n) is 3.26. The van der Waals surface area contributed by atoms with Crippen molar-refractivity contribution in [3.05, 3.63) is 68.2 Å². The van der Waals surface area contributed by atoms with Gasteiger partial charge in [0.1, 0.15) is 0 Å². The summed E-state index contributed by atoms with van der Waals surface area (Å²) in [5.74, 6) is -2.00. The van der Waals surface area contributed by atoms with Gasteiger partial charge in [0.15, 0.2) is 0 Å². The molecule has 0 fully saturated rings. The molecule has 0 bridgehead atoms. The van der Waals surface area contributed by atoms with E-state index in [0.717, 1.165) is 5.56 Å². The SMILES string of the molecule is CC(C)(C)c1ccc(C(=O)O)cc1.O=C(O)c1ccc(Cl)c(Cl)c1Cl. The van der Waals surface area contributed by atoms with Crippen LogP contribution in [0.4, 0.5) is 0 Å². The van der Waals surface area contributed by atoms with Crippen molar-refractivity contribution in [3.63, 3.8) is 0 Å². The van der Waals surface area contributed by atoms with Crippen LogP contribution in [0, 0.1) is 0 Å². The van der Waals surface area contributed by atoms with Gasteiger partial charge in [-0.1, -0.05) is 67.7 Å². The largest absolute Gasteiger partial charge is 0.478 e. The number of carboxylic acids is 2. The molecule has 0 atom stereocenters. The molecule has 0 heterocycles. The molecule has 134 valence electrons. The van der Waals surface area contributed by atoms with E-state index in [1.165, 1.54) is 12.1 Å². The van der Waals surface area contributed by atoms with E-state index in [1.807, 2.05) is 12.1 Å². The molecule has 0 unspecified atom stereocenters. The summed E-state index contributed by atoms with van der Waals surface area (Å²) in [4.78, 5) is 21.1. The summed E-state index contributed by atoms with van der Waals surface area (Å²) < 4.78 is 0. The van der Waals surface area contributed by atoms with Crippen LogP contribution >= 0.6 is 34.8 Å². The number of carbonyl (C=O) groups is 2. The molecule has 0 aliphatic carbocycles. The number of aromatic carboxylic acids is 2. The Hall–Kier alpha value is -1.75. The number of hydrogen-bond donors (Lipinski definition) is 2. The van der Waals surface area contributed by atoms with Crippen molar-refractivity contribution in [1.29, 1.82) is 0 Å². The van der Waals surface area contributed by atoms with E-state index in [1.54, 1.807) is 12.1 Å². The maximum absolute atomic E-state index is 10.6. The lowest BCUT2D eigenvalue weighted by Crippen LogP contribution is -2.11. The first kappa shape index (κ1) is 21.3. The minimum atomic E-state index is -1.13. The van der Waals surface area contributed by atoms with E-state index >= 15 is 0 Å². The minimum absolute atomic E-state index is 0.0309. The standard InChI is InChI=1S/C11H14O2.C7H3Cl3O2/c1-11(2,3)9-6-4-8(5-7-9)10(12)13;8-4-2-1-3(7(11)12)5(9)6(4)10/h4-7H,1-3H3,(H,12,13);1-2H,(H,11,12). The molecule has 7 heteroatoms. The van der Waals surface area contributed by atoms with Crippen molar-refractivity contribution in [1.82, 2.24) is 0 Å². The number of halogens is 3. The molecule has 4 nitrogen and oxygen atoms in total. The molecule has 25 heavy (non-hydrogen) atoms. The molecule has 0 aliphatic rings. The summed E-state index contributed by atoms with van der Waals surface area (Å²) in [5, 5.41) is 17.6. The number of hydrogen-bond acceptors (Lipinski definition) is 2. The fourth-order valence-corrected chi connectivity index (χ4v) is 2.42. The van der Waals surface area contributed by atoms with Crippen LogP contribution in [0.2, 0.25) is 15.1 Å². The Bertz CT molecular complexity index is 778. The lowest BCUT2D eigenvalue weighted by atomic mass is 9.87. The van der Waals surface area contributed by atoms with Crippen LogP contribution in [-0.2, 0) is 5.41 Å². The van der Waals surface area contributed by atoms with Crippen LogP contribution in [0.1, 0.15) is 47.1 Å². The van der Waals surface area contributed by atoms with Crippen molar-refractivity contribution in [2.75, 3.05) is 0 Å². The highest BCUT2D eigenvalue weighted by Gasteiger charge is 2.14. The number of benzene rings is 2. The van der Waals surface area contributed by atoms with Crippen LogP contribution in [0.3, 0.4) is 0 Å². The predicted octanol–water partition coefficient (Wildman–Crippen LogP) is 6.03. The van der Waals surface area contributed by atoms with Crippen LogP contribution < -0.4 is 0 Å². The normalized spacial score (nSPS) is 10.6. The molecule has 2 aromatic carbocycles.